The van der Waals surface area contributed by atoms with Gasteiger partial charge in [0.25, 0.3) is 0 Å². The number of hydrogen-bond acceptors (Lipinski definition) is 4. The topological polar surface area (TPSA) is 57.9 Å². The van der Waals surface area contributed by atoms with E-state index in [0.717, 1.165) is 11.4 Å². The quantitative estimate of drug-likeness (QED) is 0.729. The van der Waals surface area contributed by atoms with Gasteiger partial charge in [-0.3, -0.25) is 0 Å². The number of pyridine rings is 1. The third-order valence-corrected chi connectivity index (χ3v) is 1.76. The van der Waals surface area contributed by atoms with E-state index in [2.05, 4.69) is 10.3 Å². The van der Waals surface area contributed by atoms with E-state index in [4.69, 9.17) is 10.00 Å². The molecule has 4 nitrogen and oxygen atoms in total. The highest BCUT2D eigenvalue weighted by Gasteiger charge is 2.01. The molecule has 0 aliphatic carbocycles. The Morgan fingerprint density at radius 1 is 1.57 bits per heavy atom. The van der Waals surface area contributed by atoms with Gasteiger partial charge in [0, 0.05) is 19.3 Å². The molecule has 0 fully saturated rings. The van der Waals surface area contributed by atoms with Crippen molar-refractivity contribution in [3.63, 3.8) is 0 Å². The lowest BCUT2D eigenvalue weighted by Crippen LogP contribution is -2.09. The third-order valence-electron chi connectivity index (χ3n) is 1.76. The summed E-state index contributed by atoms with van der Waals surface area (Å²) in [6.07, 6.45) is 0. The van der Waals surface area contributed by atoms with E-state index in [1.165, 1.54) is 0 Å². The average Bonchev–Trinajstić information content (AvgIpc) is 2.20. The normalized spacial score (nSPS) is 9.50. The van der Waals surface area contributed by atoms with Gasteiger partial charge in [0.15, 0.2) is 5.69 Å². The van der Waals surface area contributed by atoms with E-state index in [-0.39, 0.29) is 0 Å². The molecule has 0 aliphatic heterocycles. The van der Waals surface area contributed by atoms with Gasteiger partial charge < -0.3 is 10.1 Å². The molecule has 0 aliphatic rings. The number of ether oxygens (including phenoxy) is 1. The maximum atomic E-state index is 8.82. The van der Waals surface area contributed by atoms with Gasteiger partial charge in [0.1, 0.15) is 6.07 Å². The minimum Gasteiger partial charge on any atom is -0.383 e. The Hall–Kier alpha value is -1.60. The monoisotopic (exact) mass is 191 g/mol. The molecular weight excluding hydrogens is 178 g/mol. The van der Waals surface area contributed by atoms with Gasteiger partial charge in [-0.1, -0.05) is 0 Å². The lowest BCUT2D eigenvalue weighted by atomic mass is 10.2. The summed E-state index contributed by atoms with van der Waals surface area (Å²) in [5.74, 6) is 0. The first-order chi connectivity index (χ1) is 6.77. The van der Waals surface area contributed by atoms with E-state index in [9.17, 15) is 0 Å². The van der Waals surface area contributed by atoms with Crippen LogP contribution in [0.2, 0.25) is 0 Å². The summed E-state index contributed by atoms with van der Waals surface area (Å²) in [6.45, 7) is 3.15. The van der Waals surface area contributed by atoms with E-state index in [0.29, 0.717) is 18.8 Å². The largest absolute Gasteiger partial charge is 0.383 e. The molecule has 0 saturated heterocycles. The number of rotatable bonds is 4. The molecule has 0 atom stereocenters. The van der Waals surface area contributed by atoms with Crippen molar-refractivity contribution in [2.75, 3.05) is 25.6 Å². The standard InChI is InChI=1S/C10H13N3O/c1-8-3-4-9(10(7-11)13-8)12-5-6-14-2/h3-4,12H,5-6H2,1-2H3. The Kier molecular flexibility index (Phi) is 3.89. The summed E-state index contributed by atoms with van der Waals surface area (Å²) in [7, 11) is 1.64. The van der Waals surface area contributed by atoms with Gasteiger partial charge >= 0.3 is 0 Å². The van der Waals surface area contributed by atoms with Gasteiger partial charge in [-0.25, -0.2) is 4.98 Å². The predicted octanol–water partition coefficient (Wildman–Crippen LogP) is 1.32. The van der Waals surface area contributed by atoms with Crippen molar-refractivity contribution in [2.45, 2.75) is 6.92 Å². The second-order valence-electron chi connectivity index (χ2n) is 2.88. The lowest BCUT2D eigenvalue weighted by Gasteiger charge is -2.06. The zero-order valence-corrected chi connectivity index (χ0v) is 8.37. The minimum atomic E-state index is 0.432. The first-order valence-electron chi connectivity index (χ1n) is 4.38. The highest BCUT2D eigenvalue weighted by atomic mass is 16.5. The van der Waals surface area contributed by atoms with Crippen LogP contribution in [0.25, 0.3) is 0 Å². The first kappa shape index (κ1) is 10.5. The minimum absolute atomic E-state index is 0.432. The van der Waals surface area contributed by atoms with Crippen LogP contribution < -0.4 is 5.32 Å². The predicted molar refractivity (Wildman–Crippen MR) is 54.1 cm³/mol. The summed E-state index contributed by atoms with van der Waals surface area (Å²) in [4.78, 5) is 4.11. The van der Waals surface area contributed by atoms with Crippen LogP contribution in [0.5, 0.6) is 0 Å². The Labute approximate surface area is 83.5 Å². The average molecular weight is 191 g/mol. The SMILES string of the molecule is COCCNc1ccc(C)nc1C#N. The number of hydrogen-bond donors (Lipinski definition) is 1. The Morgan fingerprint density at radius 2 is 2.36 bits per heavy atom. The fourth-order valence-electron chi connectivity index (χ4n) is 1.07. The number of nitrogens with zero attached hydrogens (tertiary/aromatic N) is 2. The number of aromatic nitrogens is 1. The molecule has 14 heavy (non-hydrogen) atoms. The molecule has 4 heteroatoms. The maximum absolute atomic E-state index is 8.82. The van der Waals surface area contributed by atoms with E-state index in [1.807, 2.05) is 25.1 Å². The van der Waals surface area contributed by atoms with Gasteiger partial charge in [0.05, 0.1) is 12.3 Å². The van der Waals surface area contributed by atoms with Crippen molar-refractivity contribution >= 4 is 5.69 Å². The third kappa shape index (κ3) is 2.71. The zero-order chi connectivity index (χ0) is 10.4. The molecular formula is C10H13N3O. The van der Waals surface area contributed by atoms with Crippen LogP contribution in [-0.2, 0) is 4.74 Å². The second-order valence-corrected chi connectivity index (χ2v) is 2.88. The molecule has 1 N–H and O–H groups in total. The van der Waals surface area contributed by atoms with Crippen molar-refractivity contribution in [3.05, 3.63) is 23.5 Å². The number of nitriles is 1. The number of anilines is 1. The van der Waals surface area contributed by atoms with Gasteiger partial charge in [-0.05, 0) is 19.1 Å². The van der Waals surface area contributed by atoms with Gasteiger partial charge in [0.2, 0.25) is 0 Å². The molecule has 1 heterocycles. The molecule has 74 valence electrons. The van der Waals surface area contributed by atoms with E-state index < -0.39 is 0 Å². The molecule has 1 aromatic rings. The molecule has 0 spiro atoms. The molecule has 0 saturated carbocycles. The molecule has 0 unspecified atom stereocenters. The molecule has 0 radical (unpaired) electrons. The van der Waals surface area contributed by atoms with E-state index >= 15 is 0 Å². The van der Waals surface area contributed by atoms with Gasteiger partial charge in [-0.15, -0.1) is 0 Å². The Bertz CT molecular complexity index is 344. The van der Waals surface area contributed by atoms with Crippen molar-refractivity contribution in [2.24, 2.45) is 0 Å². The van der Waals surface area contributed by atoms with E-state index in [1.54, 1.807) is 7.11 Å². The molecule has 1 aromatic heterocycles. The zero-order valence-electron chi connectivity index (χ0n) is 8.37. The fraction of sp³-hybridized carbons (Fsp3) is 0.400. The van der Waals surface area contributed by atoms with Crippen LogP contribution in [0.3, 0.4) is 0 Å². The van der Waals surface area contributed by atoms with Crippen molar-refractivity contribution in [1.29, 1.82) is 5.26 Å². The smallest absolute Gasteiger partial charge is 0.163 e. The molecule has 0 aromatic carbocycles. The molecule has 0 amide bonds. The number of methoxy groups -OCH3 is 1. The highest BCUT2D eigenvalue weighted by molar-refractivity contribution is 5.53. The highest BCUT2D eigenvalue weighted by Crippen LogP contribution is 2.11. The molecule has 0 bridgehead atoms. The molecule has 1 rings (SSSR count). The van der Waals surface area contributed by atoms with Crippen LogP contribution in [0, 0.1) is 18.3 Å². The number of aryl methyl sites for hydroxylation is 1. The summed E-state index contributed by atoms with van der Waals surface area (Å²) >= 11 is 0. The Morgan fingerprint density at radius 3 is 3.00 bits per heavy atom. The van der Waals surface area contributed by atoms with Crippen molar-refractivity contribution < 1.29 is 4.74 Å². The van der Waals surface area contributed by atoms with Crippen LogP contribution >= 0.6 is 0 Å². The first-order valence-corrected chi connectivity index (χ1v) is 4.38. The summed E-state index contributed by atoms with van der Waals surface area (Å²) in [6, 6.07) is 5.78. The van der Waals surface area contributed by atoms with Gasteiger partial charge in [-0.2, -0.15) is 5.26 Å². The van der Waals surface area contributed by atoms with Crippen molar-refractivity contribution in [3.8, 4) is 6.07 Å². The van der Waals surface area contributed by atoms with Crippen LogP contribution in [0.4, 0.5) is 5.69 Å². The Balaban J connectivity index is 2.72. The van der Waals surface area contributed by atoms with Crippen LogP contribution in [0.15, 0.2) is 12.1 Å². The van der Waals surface area contributed by atoms with Crippen LogP contribution in [0.1, 0.15) is 11.4 Å². The summed E-state index contributed by atoms with van der Waals surface area (Å²) in [5.41, 5.74) is 2.04. The fourth-order valence-corrected chi connectivity index (χ4v) is 1.07. The second kappa shape index (κ2) is 5.20. The maximum Gasteiger partial charge on any atom is 0.163 e. The summed E-state index contributed by atoms with van der Waals surface area (Å²) in [5, 5.41) is 11.9. The lowest BCUT2D eigenvalue weighted by molar-refractivity contribution is 0.211. The van der Waals surface area contributed by atoms with Crippen LogP contribution in [-0.4, -0.2) is 25.2 Å². The summed E-state index contributed by atoms with van der Waals surface area (Å²) < 4.78 is 4.89. The van der Waals surface area contributed by atoms with Crippen molar-refractivity contribution in [1.82, 2.24) is 4.98 Å². The number of nitrogens with one attached hydrogen (secondary N) is 1.